The number of aliphatic carboxylic acids is 1. The van der Waals surface area contributed by atoms with Gasteiger partial charge in [-0.1, -0.05) is 12.1 Å². The maximum absolute atomic E-state index is 10.5. The fourth-order valence-corrected chi connectivity index (χ4v) is 1.03. The Kier molecular flexibility index (Phi) is 2.60. The summed E-state index contributed by atoms with van der Waals surface area (Å²) >= 11 is 3.91. The van der Waals surface area contributed by atoms with Crippen molar-refractivity contribution < 1.29 is 9.90 Å². The Morgan fingerprint density at radius 2 is 2.25 bits per heavy atom. The lowest BCUT2D eigenvalue weighted by Gasteiger charge is -2.05. The number of anilines is 1. The van der Waals surface area contributed by atoms with Crippen LogP contribution in [0.25, 0.3) is 0 Å². The van der Waals surface area contributed by atoms with Crippen molar-refractivity contribution in [3.05, 3.63) is 29.8 Å². The van der Waals surface area contributed by atoms with E-state index in [1.165, 1.54) is 0 Å². The number of benzene rings is 1. The van der Waals surface area contributed by atoms with E-state index in [9.17, 15) is 4.79 Å². The number of hydrogen-bond acceptors (Lipinski definition) is 3. The second-order valence-corrected chi connectivity index (χ2v) is 2.93. The average Bonchev–Trinajstić information content (AvgIpc) is 2.03. The fourth-order valence-electron chi connectivity index (χ4n) is 0.872. The highest BCUT2D eigenvalue weighted by molar-refractivity contribution is 7.81. The summed E-state index contributed by atoms with van der Waals surface area (Å²) in [4.78, 5) is 10.5. The third-order valence-electron chi connectivity index (χ3n) is 1.46. The quantitative estimate of drug-likeness (QED) is 0.478. The molecule has 0 heterocycles. The molecule has 0 fully saturated rings. The third-order valence-corrected chi connectivity index (χ3v) is 1.98. The van der Waals surface area contributed by atoms with E-state index in [1.807, 2.05) is 0 Å². The van der Waals surface area contributed by atoms with Gasteiger partial charge in [-0.3, -0.25) is 4.79 Å². The van der Waals surface area contributed by atoms with E-state index in [4.69, 9.17) is 10.8 Å². The normalized spacial score (nSPS) is 12.4. The molecule has 3 nitrogen and oxygen atoms in total. The van der Waals surface area contributed by atoms with Gasteiger partial charge in [-0.05, 0) is 17.7 Å². The molecule has 0 aromatic heterocycles. The molecule has 64 valence electrons. The van der Waals surface area contributed by atoms with E-state index in [-0.39, 0.29) is 0 Å². The molecule has 0 aliphatic heterocycles. The molecule has 0 radical (unpaired) electrons. The maximum Gasteiger partial charge on any atom is 0.320 e. The lowest BCUT2D eigenvalue weighted by atomic mass is 10.1. The Hall–Kier alpha value is -1.16. The zero-order valence-corrected chi connectivity index (χ0v) is 7.16. The fraction of sp³-hybridized carbons (Fsp3) is 0.125. The molecular weight excluding hydrogens is 174 g/mol. The van der Waals surface area contributed by atoms with E-state index in [1.54, 1.807) is 24.3 Å². The molecule has 0 saturated carbocycles. The van der Waals surface area contributed by atoms with Crippen molar-refractivity contribution in [1.82, 2.24) is 0 Å². The van der Waals surface area contributed by atoms with Crippen LogP contribution in [0.15, 0.2) is 24.3 Å². The summed E-state index contributed by atoms with van der Waals surface area (Å²) < 4.78 is 0. The van der Waals surface area contributed by atoms with Gasteiger partial charge < -0.3 is 10.8 Å². The predicted molar refractivity (Wildman–Crippen MR) is 50.2 cm³/mol. The third kappa shape index (κ3) is 1.92. The van der Waals surface area contributed by atoms with Crippen LogP contribution in [0.3, 0.4) is 0 Å². The number of carboxylic acid groups (broad SMARTS) is 1. The number of carboxylic acids is 1. The summed E-state index contributed by atoms with van der Waals surface area (Å²) in [6, 6.07) is 6.69. The lowest BCUT2D eigenvalue weighted by molar-refractivity contribution is -0.136. The molecule has 1 aromatic rings. The van der Waals surface area contributed by atoms with Gasteiger partial charge in [0.25, 0.3) is 0 Å². The highest BCUT2D eigenvalue weighted by Gasteiger charge is 2.13. The van der Waals surface area contributed by atoms with Crippen LogP contribution in [0.1, 0.15) is 10.8 Å². The summed E-state index contributed by atoms with van der Waals surface area (Å²) in [5.41, 5.74) is 6.62. The second-order valence-electron chi connectivity index (χ2n) is 2.41. The summed E-state index contributed by atoms with van der Waals surface area (Å²) in [7, 11) is 0. The Labute approximate surface area is 75.6 Å². The first-order valence-electron chi connectivity index (χ1n) is 3.37. The molecule has 0 aliphatic rings. The number of hydrogen-bond donors (Lipinski definition) is 3. The zero-order valence-electron chi connectivity index (χ0n) is 6.27. The molecule has 0 amide bonds. The summed E-state index contributed by atoms with van der Waals surface area (Å²) in [6.07, 6.45) is 0. The smallest absolute Gasteiger partial charge is 0.320 e. The molecule has 1 unspecified atom stereocenters. The monoisotopic (exact) mass is 183 g/mol. The van der Waals surface area contributed by atoms with Gasteiger partial charge in [-0.2, -0.15) is 12.6 Å². The second kappa shape index (κ2) is 3.49. The van der Waals surface area contributed by atoms with E-state index >= 15 is 0 Å². The molecule has 0 spiro atoms. The minimum Gasteiger partial charge on any atom is -0.480 e. The Bertz CT molecular complexity index is 301. The van der Waals surface area contributed by atoms with E-state index in [0.29, 0.717) is 11.3 Å². The number of thiol groups is 1. The largest absolute Gasteiger partial charge is 0.480 e. The molecule has 0 bridgehead atoms. The average molecular weight is 183 g/mol. The lowest BCUT2D eigenvalue weighted by Crippen LogP contribution is -2.05. The van der Waals surface area contributed by atoms with Crippen molar-refractivity contribution in [3.63, 3.8) is 0 Å². The van der Waals surface area contributed by atoms with E-state index < -0.39 is 11.2 Å². The number of nitrogens with two attached hydrogens (primary N) is 1. The summed E-state index contributed by atoms with van der Waals surface area (Å²) in [5.74, 6) is -0.969. The van der Waals surface area contributed by atoms with Crippen molar-refractivity contribution in [2.24, 2.45) is 0 Å². The van der Waals surface area contributed by atoms with Crippen LogP contribution in [0.4, 0.5) is 5.69 Å². The van der Waals surface area contributed by atoms with Gasteiger partial charge in [0.2, 0.25) is 0 Å². The Morgan fingerprint density at radius 1 is 1.58 bits per heavy atom. The first-order chi connectivity index (χ1) is 5.61. The van der Waals surface area contributed by atoms with Gasteiger partial charge in [0, 0.05) is 5.69 Å². The first-order valence-corrected chi connectivity index (χ1v) is 3.89. The number of nitrogen functional groups attached to an aromatic ring is 1. The molecule has 12 heavy (non-hydrogen) atoms. The van der Waals surface area contributed by atoms with Crippen LogP contribution in [0, 0.1) is 0 Å². The topological polar surface area (TPSA) is 63.3 Å². The minimum absolute atomic E-state index is 0.549. The van der Waals surface area contributed by atoms with Crippen molar-refractivity contribution in [3.8, 4) is 0 Å². The minimum atomic E-state index is -0.969. The molecule has 1 atom stereocenters. The molecule has 1 aromatic carbocycles. The van der Waals surface area contributed by atoms with Crippen LogP contribution >= 0.6 is 12.6 Å². The van der Waals surface area contributed by atoms with Gasteiger partial charge in [0.05, 0.1) is 0 Å². The molecule has 1 rings (SSSR count). The van der Waals surface area contributed by atoms with Crippen LogP contribution in [-0.4, -0.2) is 11.1 Å². The van der Waals surface area contributed by atoms with Gasteiger partial charge in [0.1, 0.15) is 5.25 Å². The molecule has 0 aliphatic carbocycles. The number of carbonyl (C=O) groups is 1. The van der Waals surface area contributed by atoms with Crippen LogP contribution < -0.4 is 5.73 Å². The molecule has 3 N–H and O–H groups in total. The van der Waals surface area contributed by atoms with Crippen molar-refractivity contribution in [2.45, 2.75) is 5.25 Å². The van der Waals surface area contributed by atoms with Gasteiger partial charge in [-0.15, -0.1) is 0 Å². The van der Waals surface area contributed by atoms with Crippen molar-refractivity contribution in [2.75, 3.05) is 5.73 Å². The molecular formula is C8H9NO2S. The van der Waals surface area contributed by atoms with Crippen molar-refractivity contribution in [1.29, 1.82) is 0 Å². The summed E-state index contributed by atoms with van der Waals surface area (Å²) in [6.45, 7) is 0. The van der Waals surface area contributed by atoms with Gasteiger partial charge in [0.15, 0.2) is 0 Å². The van der Waals surface area contributed by atoms with E-state index in [0.717, 1.165) is 0 Å². The standard InChI is InChI=1S/C8H9NO2S/c9-6-3-1-2-5(4-6)7(12)8(10)11/h1-4,7,12H,9H2,(H,10,11). The molecule has 0 saturated heterocycles. The Balaban J connectivity index is 2.95. The van der Waals surface area contributed by atoms with E-state index in [2.05, 4.69) is 12.6 Å². The van der Waals surface area contributed by atoms with Gasteiger partial charge in [-0.25, -0.2) is 0 Å². The van der Waals surface area contributed by atoms with Crippen LogP contribution in [0.2, 0.25) is 0 Å². The first kappa shape index (κ1) is 8.93. The maximum atomic E-state index is 10.5. The van der Waals surface area contributed by atoms with Gasteiger partial charge >= 0.3 is 5.97 Å². The Morgan fingerprint density at radius 3 is 2.75 bits per heavy atom. The zero-order chi connectivity index (χ0) is 9.14. The predicted octanol–water partition coefficient (Wildman–Crippen LogP) is 1.32. The molecule has 4 heteroatoms. The SMILES string of the molecule is Nc1cccc(C(S)C(=O)O)c1. The van der Waals surface area contributed by atoms with Crippen molar-refractivity contribution >= 4 is 24.3 Å². The number of rotatable bonds is 2. The van der Waals surface area contributed by atoms with Crippen LogP contribution in [-0.2, 0) is 4.79 Å². The van der Waals surface area contributed by atoms with Crippen LogP contribution in [0.5, 0.6) is 0 Å². The summed E-state index contributed by atoms with van der Waals surface area (Å²) in [5, 5.41) is 7.81. The highest BCUT2D eigenvalue weighted by Crippen LogP contribution is 2.21. The highest BCUT2D eigenvalue weighted by atomic mass is 32.1.